The number of ether oxygens (including phenoxy) is 1. The van der Waals surface area contributed by atoms with E-state index in [0.717, 1.165) is 6.42 Å². The summed E-state index contributed by atoms with van der Waals surface area (Å²) in [5.74, 6) is -1.48. The fourth-order valence-electron chi connectivity index (χ4n) is 1.71. The topological polar surface area (TPSA) is 63.6 Å². The van der Waals surface area contributed by atoms with Crippen LogP contribution in [0.2, 0.25) is 0 Å². The van der Waals surface area contributed by atoms with Crippen molar-refractivity contribution in [1.82, 2.24) is 0 Å². The first kappa shape index (κ1) is 14.7. The number of hydrogen-bond donors (Lipinski definition) is 1. The van der Waals surface area contributed by atoms with Gasteiger partial charge in [0.15, 0.2) is 0 Å². The van der Waals surface area contributed by atoms with Crippen LogP contribution < -0.4 is 0 Å². The van der Waals surface area contributed by atoms with Crippen molar-refractivity contribution in [3.63, 3.8) is 0 Å². The van der Waals surface area contributed by atoms with Gasteiger partial charge in [-0.15, -0.1) is 0 Å². The minimum atomic E-state index is -0.875. The van der Waals surface area contributed by atoms with E-state index < -0.39 is 5.97 Å². The lowest BCUT2D eigenvalue weighted by atomic mass is 9.96. The molecule has 0 amide bonds. The molecule has 100 valence electrons. The van der Waals surface area contributed by atoms with Gasteiger partial charge in [0.1, 0.15) is 0 Å². The standard InChI is InChI=1S/C13H18O4S/c1-2-17-13(16)11(5-6-12(14)15)4-3-10-7-8-18-9-10/h7-9,11H,2-6H2,1H3,(H,14,15). The van der Waals surface area contributed by atoms with Crippen LogP contribution in [-0.2, 0) is 20.7 Å². The number of thiophene rings is 1. The summed E-state index contributed by atoms with van der Waals surface area (Å²) in [5.41, 5.74) is 1.18. The van der Waals surface area contributed by atoms with Gasteiger partial charge in [-0.2, -0.15) is 11.3 Å². The number of hydrogen-bond acceptors (Lipinski definition) is 4. The molecule has 1 heterocycles. The minimum Gasteiger partial charge on any atom is -0.481 e. The van der Waals surface area contributed by atoms with Crippen LogP contribution in [0.5, 0.6) is 0 Å². The van der Waals surface area contributed by atoms with Crippen molar-refractivity contribution < 1.29 is 19.4 Å². The zero-order valence-corrected chi connectivity index (χ0v) is 11.2. The summed E-state index contributed by atoms with van der Waals surface area (Å²) in [4.78, 5) is 22.3. The number of rotatable bonds is 8. The van der Waals surface area contributed by atoms with E-state index in [1.807, 2.05) is 16.8 Å². The van der Waals surface area contributed by atoms with Crippen molar-refractivity contribution in [2.24, 2.45) is 5.92 Å². The van der Waals surface area contributed by atoms with Crippen LogP contribution in [0.1, 0.15) is 31.7 Å². The van der Waals surface area contributed by atoms with Gasteiger partial charge in [0.2, 0.25) is 0 Å². The molecule has 0 aromatic carbocycles. The Morgan fingerprint density at radius 1 is 1.44 bits per heavy atom. The third kappa shape index (κ3) is 5.31. The highest BCUT2D eigenvalue weighted by atomic mass is 32.1. The van der Waals surface area contributed by atoms with Crippen LogP contribution in [0.15, 0.2) is 16.8 Å². The van der Waals surface area contributed by atoms with Gasteiger partial charge >= 0.3 is 11.9 Å². The van der Waals surface area contributed by atoms with Crippen LogP contribution in [-0.4, -0.2) is 23.7 Å². The SMILES string of the molecule is CCOC(=O)C(CCC(=O)O)CCc1ccsc1. The molecule has 0 aliphatic carbocycles. The normalized spacial score (nSPS) is 12.1. The fraction of sp³-hybridized carbons (Fsp3) is 0.538. The van der Waals surface area contributed by atoms with Crippen LogP contribution in [0.25, 0.3) is 0 Å². The molecule has 1 atom stereocenters. The molecule has 0 saturated carbocycles. The lowest BCUT2D eigenvalue weighted by Crippen LogP contribution is -2.19. The number of aliphatic carboxylic acids is 1. The number of carbonyl (C=O) groups is 2. The number of carboxylic acid groups (broad SMARTS) is 1. The Hall–Kier alpha value is -1.36. The van der Waals surface area contributed by atoms with E-state index in [2.05, 4.69) is 0 Å². The van der Waals surface area contributed by atoms with Gasteiger partial charge in [-0.3, -0.25) is 9.59 Å². The molecule has 18 heavy (non-hydrogen) atoms. The molecule has 1 rings (SSSR count). The number of carboxylic acids is 1. The van der Waals surface area contributed by atoms with Gasteiger partial charge in [0.25, 0.3) is 0 Å². The third-order valence-electron chi connectivity index (χ3n) is 2.69. The molecule has 0 saturated heterocycles. The molecule has 0 fully saturated rings. The van der Waals surface area contributed by atoms with E-state index in [1.54, 1.807) is 18.3 Å². The molecule has 1 unspecified atom stereocenters. The third-order valence-corrected chi connectivity index (χ3v) is 3.42. The maximum Gasteiger partial charge on any atom is 0.308 e. The Balaban J connectivity index is 2.47. The van der Waals surface area contributed by atoms with Crippen molar-refractivity contribution >= 4 is 23.3 Å². The lowest BCUT2D eigenvalue weighted by Gasteiger charge is -2.14. The van der Waals surface area contributed by atoms with Gasteiger partial charge in [-0.1, -0.05) is 0 Å². The highest BCUT2D eigenvalue weighted by Gasteiger charge is 2.20. The predicted octanol–water partition coefficient (Wildman–Crippen LogP) is 2.72. The van der Waals surface area contributed by atoms with Crippen molar-refractivity contribution in [2.45, 2.75) is 32.6 Å². The Labute approximate surface area is 111 Å². The first-order chi connectivity index (χ1) is 8.63. The Morgan fingerprint density at radius 3 is 2.78 bits per heavy atom. The minimum absolute atomic E-state index is 0.00706. The van der Waals surface area contributed by atoms with E-state index in [9.17, 15) is 9.59 Å². The Bertz CT molecular complexity index is 372. The van der Waals surface area contributed by atoms with Gasteiger partial charge in [-0.05, 0) is 48.6 Å². The maximum atomic E-state index is 11.7. The molecule has 1 aromatic rings. The van der Waals surface area contributed by atoms with E-state index in [1.165, 1.54) is 5.56 Å². The van der Waals surface area contributed by atoms with Gasteiger partial charge in [0.05, 0.1) is 12.5 Å². The number of carbonyl (C=O) groups excluding carboxylic acids is 1. The average molecular weight is 270 g/mol. The van der Waals surface area contributed by atoms with Crippen molar-refractivity contribution in [2.75, 3.05) is 6.61 Å². The van der Waals surface area contributed by atoms with E-state index in [-0.39, 0.29) is 18.3 Å². The molecule has 1 aromatic heterocycles. The fourth-order valence-corrected chi connectivity index (χ4v) is 2.42. The molecule has 5 heteroatoms. The maximum absolute atomic E-state index is 11.7. The van der Waals surface area contributed by atoms with Crippen LogP contribution in [0.3, 0.4) is 0 Å². The highest BCUT2D eigenvalue weighted by Crippen LogP contribution is 2.18. The first-order valence-corrected chi connectivity index (χ1v) is 6.97. The second kappa shape index (κ2) is 7.87. The molecule has 0 spiro atoms. The second-order valence-corrected chi connectivity index (χ2v) is 4.83. The van der Waals surface area contributed by atoms with E-state index >= 15 is 0 Å². The van der Waals surface area contributed by atoms with Crippen LogP contribution >= 0.6 is 11.3 Å². The largest absolute Gasteiger partial charge is 0.481 e. The average Bonchev–Trinajstić information content (AvgIpc) is 2.82. The zero-order valence-electron chi connectivity index (χ0n) is 10.4. The quantitative estimate of drug-likeness (QED) is 0.738. The summed E-state index contributed by atoms with van der Waals surface area (Å²) in [7, 11) is 0. The van der Waals surface area contributed by atoms with Crippen molar-refractivity contribution in [3.05, 3.63) is 22.4 Å². The van der Waals surface area contributed by atoms with Gasteiger partial charge in [-0.25, -0.2) is 0 Å². The smallest absolute Gasteiger partial charge is 0.308 e. The summed E-state index contributed by atoms with van der Waals surface area (Å²) in [6, 6.07) is 2.02. The molecule has 0 aliphatic rings. The van der Waals surface area contributed by atoms with E-state index in [4.69, 9.17) is 9.84 Å². The zero-order chi connectivity index (χ0) is 13.4. The van der Waals surface area contributed by atoms with Crippen molar-refractivity contribution in [3.8, 4) is 0 Å². The first-order valence-electron chi connectivity index (χ1n) is 6.03. The molecule has 0 bridgehead atoms. The molecular weight excluding hydrogens is 252 g/mol. The number of aryl methyl sites for hydroxylation is 1. The van der Waals surface area contributed by atoms with Gasteiger partial charge < -0.3 is 9.84 Å². The number of esters is 1. The predicted molar refractivity (Wildman–Crippen MR) is 69.6 cm³/mol. The molecule has 0 radical (unpaired) electrons. The van der Waals surface area contributed by atoms with Gasteiger partial charge in [0, 0.05) is 6.42 Å². The summed E-state index contributed by atoms with van der Waals surface area (Å²) < 4.78 is 4.98. The molecular formula is C13H18O4S. The van der Waals surface area contributed by atoms with Crippen molar-refractivity contribution in [1.29, 1.82) is 0 Å². The summed E-state index contributed by atoms with van der Waals surface area (Å²) in [6.07, 6.45) is 1.78. The Kier molecular flexibility index (Phi) is 6.43. The lowest BCUT2D eigenvalue weighted by molar-refractivity contribution is -0.149. The summed E-state index contributed by atoms with van der Waals surface area (Å²) >= 11 is 1.62. The summed E-state index contributed by atoms with van der Waals surface area (Å²) in [5, 5.41) is 12.7. The molecule has 0 aliphatic heterocycles. The second-order valence-electron chi connectivity index (χ2n) is 4.05. The molecule has 1 N–H and O–H groups in total. The van der Waals surface area contributed by atoms with Crippen LogP contribution in [0, 0.1) is 5.92 Å². The summed E-state index contributed by atoms with van der Waals surface area (Å²) in [6.45, 7) is 2.09. The van der Waals surface area contributed by atoms with E-state index in [0.29, 0.717) is 19.4 Å². The molecule has 4 nitrogen and oxygen atoms in total. The van der Waals surface area contributed by atoms with Crippen LogP contribution in [0.4, 0.5) is 0 Å². The monoisotopic (exact) mass is 270 g/mol. The Morgan fingerprint density at radius 2 is 2.22 bits per heavy atom. The highest BCUT2D eigenvalue weighted by molar-refractivity contribution is 7.07.